The predicted octanol–water partition coefficient (Wildman–Crippen LogP) is -1.11. The van der Waals surface area contributed by atoms with Crippen LogP contribution in [0.5, 0.6) is 0 Å². The van der Waals surface area contributed by atoms with Gasteiger partial charge in [-0.3, -0.25) is 4.79 Å². The summed E-state index contributed by atoms with van der Waals surface area (Å²) in [5, 5.41) is 8.55. The summed E-state index contributed by atoms with van der Waals surface area (Å²) >= 11 is 0. The molecular formula is C7H10N4O. The van der Waals surface area contributed by atoms with Crippen LogP contribution in [0, 0.1) is 0 Å². The Morgan fingerprint density at radius 1 is 1.50 bits per heavy atom. The lowest BCUT2D eigenvalue weighted by molar-refractivity contribution is -0.122. The van der Waals surface area contributed by atoms with Crippen LogP contribution in [0.15, 0.2) is 17.4 Å². The minimum Gasteiger partial charge on any atom is -0.372 e. The third-order valence-electron chi connectivity index (χ3n) is 1.80. The van der Waals surface area contributed by atoms with E-state index < -0.39 is 0 Å². The number of carbonyl (C=O) groups excluding carboxylic acids is 1. The van der Waals surface area contributed by atoms with E-state index in [2.05, 4.69) is 20.9 Å². The number of nitrogens with zero attached hydrogens (tertiary/aromatic N) is 1. The fourth-order valence-corrected chi connectivity index (χ4v) is 1.28. The molecule has 2 atom stereocenters. The molecule has 0 aromatic carbocycles. The molecule has 5 heteroatoms. The monoisotopic (exact) mass is 166 g/mol. The number of aliphatic imine (C=N–C) groups is 1. The molecule has 0 fully saturated rings. The van der Waals surface area contributed by atoms with Gasteiger partial charge in [0, 0.05) is 12.4 Å². The summed E-state index contributed by atoms with van der Waals surface area (Å²) in [5.41, 5.74) is 0. The number of nitrogens with one attached hydrogen (secondary N) is 3. The minimum atomic E-state index is -0.341. The molecular weight excluding hydrogens is 156 g/mol. The fourth-order valence-electron chi connectivity index (χ4n) is 1.28. The molecule has 2 unspecified atom stereocenters. The van der Waals surface area contributed by atoms with Crippen molar-refractivity contribution in [2.24, 2.45) is 4.99 Å². The molecule has 0 aliphatic carbocycles. The van der Waals surface area contributed by atoms with Gasteiger partial charge in [-0.15, -0.1) is 0 Å². The molecule has 0 radical (unpaired) electrons. The molecule has 0 saturated carbocycles. The van der Waals surface area contributed by atoms with E-state index in [0.29, 0.717) is 5.84 Å². The van der Waals surface area contributed by atoms with E-state index in [9.17, 15) is 4.79 Å². The van der Waals surface area contributed by atoms with E-state index >= 15 is 0 Å². The van der Waals surface area contributed by atoms with E-state index in [4.69, 9.17) is 0 Å². The third-order valence-corrected chi connectivity index (χ3v) is 1.80. The number of rotatable bonds is 0. The summed E-state index contributed by atoms with van der Waals surface area (Å²) < 4.78 is 0. The number of amides is 1. The summed E-state index contributed by atoms with van der Waals surface area (Å²) in [5.74, 6) is 0.651. The van der Waals surface area contributed by atoms with Crippen LogP contribution in [-0.2, 0) is 4.79 Å². The highest BCUT2D eigenvalue weighted by Gasteiger charge is 2.29. The van der Waals surface area contributed by atoms with E-state index in [-0.39, 0.29) is 18.1 Å². The van der Waals surface area contributed by atoms with Gasteiger partial charge in [-0.25, -0.2) is 4.99 Å². The second-order valence-electron chi connectivity index (χ2n) is 2.78. The summed E-state index contributed by atoms with van der Waals surface area (Å²) in [6.07, 6.45) is 3.28. The van der Waals surface area contributed by atoms with Gasteiger partial charge in [0.25, 0.3) is 5.91 Å². The maximum atomic E-state index is 11.3. The van der Waals surface area contributed by atoms with Crippen molar-refractivity contribution in [1.82, 2.24) is 16.0 Å². The average Bonchev–Trinajstić information content (AvgIpc) is 2.04. The molecule has 0 spiro atoms. The maximum absolute atomic E-state index is 11.3. The van der Waals surface area contributed by atoms with Crippen LogP contribution in [0.1, 0.15) is 6.92 Å². The standard InChI is InChI=1S/C7H10N4O/c1-4-10-6-5(7(12)11-4)8-2-3-9-6/h2-5,8H,1H3,(H,9,10)(H,11,12). The lowest BCUT2D eigenvalue weighted by Gasteiger charge is -2.28. The van der Waals surface area contributed by atoms with E-state index in [1.54, 1.807) is 12.4 Å². The van der Waals surface area contributed by atoms with Gasteiger partial charge in [-0.1, -0.05) is 0 Å². The smallest absolute Gasteiger partial charge is 0.252 e. The van der Waals surface area contributed by atoms with Crippen LogP contribution in [-0.4, -0.2) is 24.0 Å². The first-order chi connectivity index (χ1) is 5.77. The van der Waals surface area contributed by atoms with Gasteiger partial charge >= 0.3 is 0 Å². The molecule has 2 heterocycles. The Labute approximate surface area is 69.9 Å². The van der Waals surface area contributed by atoms with Crippen molar-refractivity contribution >= 4 is 11.7 Å². The third kappa shape index (κ3) is 1.03. The number of hydrogen-bond donors (Lipinski definition) is 3. The molecule has 64 valence electrons. The molecule has 12 heavy (non-hydrogen) atoms. The van der Waals surface area contributed by atoms with Crippen molar-refractivity contribution in [2.75, 3.05) is 0 Å². The van der Waals surface area contributed by atoms with Gasteiger partial charge in [0.1, 0.15) is 12.0 Å². The zero-order chi connectivity index (χ0) is 8.55. The van der Waals surface area contributed by atoms with Gasteiger partial charge in [0.15, 0.2) is 6.04 Å². The first-order valence-electron chi connectivity index (χ1n) is 3.83. The predicted molar refractivity (Wildman–Crippen MR) is 44.2 cm³/mol. The highest BCUT2D eigenvalue weighted by atomic mass is 16.2. The van der Waals surface area contributed by atoms with Gasteiger partial charge in [0.2, 0.25) is 0 Å². The van der Waals surface area contributed by atoms with Crippen LogP contribution in [0.4, 0.5) is 0 Å². The average molecular weight is 166 g/mol. The van der Waals surface area contributed by atoms with Crippen LogP contribution in [0.2, 0.25) is 0 Å². The molecule has 0 aromatic rings. The topological polar surface area (TPSA) is 65.5 Å². The Balaban J connectivity index is 2.29. The summed E-state index contributed by atoms with van der Waals surface area (Å²) in [4.78, 5) is 15.5. The van der Waals surface area contributed by atoms with Crippen LogP contribution < -0.4 is 16.0 Å². The second-order valence-corrected chi connectivity index (χ2v) is 2.78. The largest absolute Gasteiger partial charge is 0.372 e. The first kappa shape index (κ1) is 7.15. The number of carbonyl (C=O) groups is 1. The SMILES string of the molecule is CC1N=C2NC=CNC2C(=O)N1. The van der Waals surface area contributed by atoms with Gasteiger partial charge in [0.05, 0.1) is 0 Å². The Morgan fingerprint density at radius 3 is 3.17 bits per heavy atom. The number of amidine groups is 1. The molecule has 0 bridgehead atoms. The number of hydrogen-bond acceptors (Lipinski definition) is 4. The molecule has 0 saturated heterocycles. The van der Waals surface area contributed by atoms with Crippen molar-refractivity contribution in [3.05, 3.63) is 12.4 Å². The Kier molecular flexibility index (Phi) is 1.49. The molecule has 1 amide bonds. The first-order valence-corrected chi connectivity index (χ1v) is 3.83. The minimum absolute atomic E-state index is 0.0376. The van der Waals surface area contributed by atoms with E-state index in [0.717, 1.165) is 0 Å². The summed E-state index contributed by atoms with van der Waals surface area (Å²) in [6, 6.07) is -0.341. The highest BCUT2D eigenvalue weighted by molar-refractivity contribution is 6.09. The van der Waals surface area contributed by atoms with Crippen molar-refractivity contribution in [3.63, 3.8) is 0 Å². The highest BCUT2D eigenvalue weighted by Crippen LogP contribution is 2.02. The molecule has 0 aromatic heterocycles. The number of fused-ring (bicyclic) bond motifs is 1. The van der Waals surface area contributed by atoms with E-state index in [1.165, 1.54) is 0 Å². The van der Waals surface area contributed by atoms with Crippen molar-refractivity contribution < 1.29 is 4.79 Å². The molecule has 3 N–H and O–H groups in total. The van der Waals surface area contributed by atoms with Crippen molar-refractivity contribution in [3.8, 4) is 0 Å². The fraction of sp³-hybridized carbons (Fsp3) is 0.429. The lowest BCUT2D eigenvalue weighted by Crippen LogP contribution is -2.58. The zero-order valence-corrected chi connectivity index (χ0v) is 6.66. The van der Waals surface area contributed by atoms with Crippen LogP contribution >= 0.6 is 0 Å². The molecule has 5 nitrogen and oxygen atoms in total. The molecule has 2 rings (SSSR count). The van der Waals surface area contributed by atoms with Gasteiger partial charge in [-0.05, 0) is 6.92 Å². The van der Waals surface area contributed by atoms with Gasteiger partial charge in [-0.2, -0.15) is 0 Å². The van der Waals surface area contributed by atoms with Gasteiger partial charge < -0.3 is 16.0 Å². The Hall–Kier alpha value is -1.52. The second kappa shape index (κ2) is 2.51. The quantitative estimate of drug-likeness (QED) is 0.427. The molecule has 2 aliphatic heterocycles. The maximum Gasteiger partial charge on any atom is 0.252 e. The molecule has 2 aliphatic rings. The zero-order valence-electron chi connectivity index (χ0n) is 6.66. The van der Waals surface area contributed by atoms with Crippen LogP contribution in [0.25, 0.3) is 0 Å². The summed E-state index contributed by atoms with van der Waals surface area (Å²) in [7, 11) is 0. The van der Waals surface area contributed by atoms with Crippen molar-refractivity contribution in [2.45, 2.75) is 19.1 Å². The van der Waals surface area contributed by atoms with Crippen molar-refractivity contribution in [1.29, 1.82) is 0 Å². The van der Waals surface area contributed by atoms with Crippen LogP contribution in [0.3, 0.4) is 0 Å². The Morgan fingerprint density at radius 2 is 2.33 bits per heavy atom. The lowest BCUT2D eigenvalue weighted by atomic mass is 10.2. The Bertz CT molecular complexity index is 271. The normalized spacial score (nSPS) is 32.4. The van der Waals surface area contributed by atoms with E-state index in [1.807, 2.05) is 6.92 Å². The summed E-state index contributed by atoms with van der Waals surface area (Å²) in [6.45, 7) is 1.83.